The highest BCUT2D eigenvalue weighted by Gasteiger charge is 1.98. The third-order valence-corrected chi connectivity index (χ3v) is 2.42. The van der Waals surface area contributed by atoms with Gasteiger partial charge in [-0.1, -0.05) is 41.4 Å². The van der Waals surface area contributed by atoms with Crippen LogP contribution < -0.4 is 0 Å². The molecule has 10 heavy (non-hydrogen) atoms. The predicted molar refractivity (Wildman–Crippen MR) is 51.6 cm³/mol. The number of hydrogen-bond acceptors (Lipinski definition) is 0. The van der Waals surface area contributed by atoms with Crippen molar-refractivity contribution in [1.29, 1.82) is 0 Å². The molecule has 0 aromatic rings. The minimum Gasteiger partial charge on any atom is -0.0925 e. The van der Waals surface area contributed by atoms with Crippen LogP contribution in [0, 0.1) is 5.92 Å². The summed E-state index contributed by atoms with van der Waals surface area (Å²) in [6, 6.07) is 0. The standard InChI is InChI=1S/C9H17Br/c1-4-8(2)9(3)6-5-7-10/h6,8H,4-5,7H2,1-3H3/b9-6+. The fourth-order valence-corrected chi connectivity index (χ4v) is 1.03. The number of allylic oxidation sites excluding steroid dienone is 2. The molecule has 0 heterocycles. The van der Waals surface area contributed by atoms with E-state index in [9.17, 15) is 0 Å². The summed E-state index contributed by atoms with van der Waals surface area (Å²) in [5.41, 5.74) is 1.53. The second kappa shape index (κ2) is 5.96. The average molecular weight is 205 g/mol. The molecule has 60 valence electrons. The molecule has 0 amide bonds. The van der Waals surface area contributed by atoms with Crippen LogP contribution in [0.25, 0.3) is 0 Å². The van der Waals surface area contributed by atoms with Gasteiger partial charge in [0, 0.05) is 5.33 Å². The van der Waals surface area contributed by atoms with Gasteiger partial charge in [0.05, 0.1) is 0 Å². The van der Waals surface area contributed by atoms with Crippen molar-refractivity contribution >= 4 is 15.9 Å². The maximum Gasteiger partial charge on any atom is 0.00660 e. The molecule has 1 heteroatoms. The van der Waals surface area contributed by atoms with Crippen molar-refractivity contribution in [2.24, 2.45) is 5.92 Å². The first-order valence-corrected chi connectivity index (χ1v) is 5.07. The lowest BCUT2D eigenvalue weighted by atomic mass is 9.99. The maximum absolute atomic E-state index is 3.40. The van der Waals surface area contributed by atoms with Crippen LogP contribution in [0.15, 0.2) is 11.6 Å². The lowest BCUT2D eigenvalue weighted by molar-refractivity contribution is 0.652. The molecule has 0 aliphatic carbocycles. The first-order valence-electron chi connectivity index (χ1n) is 3.95. The fraction of sp³-hybridized carbons (Fsp3) is 0.778. The van der Waals surface area contributed by atoms with Crippen molar-refractivity contribution in [2.45, 2.75) is 33.6 Å². The van der Waals surface area contributed by atoms with Crippen LogP contribution in [0.5, 0.6) is 0 Å². The predicted octanol–water partition coefficient (Wildman–Crippen LogP) is 3.76. The molecule has 0 nitrogen and oxygen atoms in total. The zero-order chi connectivity index (χ0) is 7.98. The lowest BCUT2D eigenvalue weighted by Crippen LogP contribution is -1.93. The molecular formula is C9H17Br. The van der Waals surface area contributed by atoms with Gasteiger partial charge in [-0.2, -0.15) is 0 Å². The third kappa shape index (κ3) is 4.10. The third-order valence-electron chi connectivity index (χ3n) is 1.97. The van der Waals surface area contributed by atoms with Gasteiger partial charge in [-0.15, -0.1) is 0 Å². The van der Waals surface area contributed by atoms with Gasteiger partial charge in [0.25, 0.3) is 0 Å². The van der Waals surface area contributed by atoms with E-state index in [0.29, 0.717) is 0 Å². The first kappa shape index (κ1) is 10.2. The Labute approximate surface area is 72.8 Å². The van der Waals surface area contributed by atoms with Gasteiger partial charge in [-0.3, -0.25) is 0 Å². The fourth-order valence-electron chi connectivity index (χ4n) is 0.805. The highest BCUT2D eigenvalue weighted by Crippen LogP contribution is 2.13. The molecule has 1 unspecified atom stereocenters. The Kier molecular flexibility index (Phi) is 6.10. The molecule has 0 radical (unpaired) electrons. The largest absolute Gasteiger partial charge is 0.0925 e. The van der Waals surface area contributed by atoms with Gasteiger partial charge >= 0.3 is 0 Å². The first-order chi connectivity index (χ1) is 4.72. The minimum atomic E-state index is 0.763. The van der Waals surface area contributed by atoms with Gasteiger partial charge in [0.1, 0.15) is 0 Å². The number of hydrogen-bond donors (Lipinski definition) is 0. The van der Waals surface area contributed by atoms with Gasteiger partial charge in [0.2, 0.25) is 0 Å². The van der Waals surface area contributed by atoms with Crippen molar-refractivity contribution in [1.82, 2.24) is 0 Å². The normalized spacial score (nSPS) is 15.4. The van der Waals surface area contributed by atoms with Crippen LogP contribution in [0.3, 0.4) is 0 Å². The second-order valence-corrected chi connectivity index (χ2v) is 3.53. The molecule has 0 bridgehead atoms. The molecule has 0 rings (SSSR count). The van der Waals surface area contributed by atoms with E-state index >= 15 is 0 Å². The van der Waals surface area contributed by atoms with E-state index in [1.54, 1.807) is 0 Å². The zero-order valence-corrected chi connectivity index (χ0v) is 8.74. The number of alkyl halides is 1. The molecule has 0 aromatic carbocycles. The van der Waals surface area contributed by atoms with Crippen LogP contribution in [0.4, 0.5) is 0 Å². The Morgan fingerprint density at radius 1 is 1.60 bits per heavy atom. The van der Waals surface area contributed by atoms with Crippen LogP contribution in [0.2, 0.25) is 0 Å². The molecule has 0 spiro atoms. The summed E-state index contributed by atoms with van der Waals surface area (Å²) in [7, 11) is 0. The summed E-state index contributed by atoms with van der Waals surface area (Å²) in [5, 5.41) is 1.08. The van der Waals surface area contributed by atoms with Crippen LogP contribution in [-0.4, -0.2) is 5.33 Å². The van der Waals surface area contributed by atoms with E-state index < -0.39 is 0 Å². The highest BCUT2D eigenvalue weighted by molar-refractivity contribution is 9.09. The van der Waals surface area contributed by atoms with Crippen molar-refractivity contribution in [3.63, 3.8) is 0 Å². The quantitative estimate of drug-likeness (QED) is 0.484. The number of halogens is 1. The summed E-state index contributed by atoms with van der Waals surface area (Å²) < 4.78 is 0. The van der Waals surface area contributed by atoms with Crippen molar-refractivity contribution < 1.29 is 0 Å². The van der Waals surface area contributed by atoms with E-state index in [-0.39, 0.29) is 0 Å². The molecule has 0 saturated heterocycles. The van der Waals surface area contributed by atoms with Gasteiger partial charge in [0.15, 0.2) is 0 Å². The monoisotopic (exact) mass is 204 g/mol. The molecule has 0 aromatic heterocycles. The minimum absolute atomic E-state index is 0.763. The number of rotatable bonds is 4. The van der Waals surface area contributed by atoms with Crippen LogP contribution >= 0.6 is 15.9 Å². The van der Waals surface area contributed by atoms with Gasteiger partial charge < -0.3 is 0 Å². The molecule has 0 N–H and O–H groups in total. The molecule has 0 fully saturated rings. The topological polar surface area (TPSA) is 0 Å². The lowest BCUT2D eigenvalue weighted by Gasteiger charge is -2.07. The Balaban J connectivity index is 3.67. The molecule has 0 saturated carbocycles. The Hall–Kier alpha value is 0.220. The van der Waals surface area contributed by atoms with E-state index in [2.05, 4.69) is 42.8 Å². The Morgan fingerprint density at radius 2 is 2.20 bits per heavy atom. The van der Waals surface area contributed by atoms with Gasteiger partial charge in [-0.25, -0.2) is 0 Å². The molecular weight excluding hydrogens is 188 g/mol. The van der Waals surface area contributed by atoms with Crippen LogP contribution in [-0.2, 0) is 0 Å². The van der Waals surface area contributed by atoms with Gasteiger partial charge in [-0.05, 0) is 25.7 Å². The van der Waals surface area contributed by atoms with Crippen molar-refractivity contribution in [3.05, 3.63) is 11.6 Å². The Morgan fingerprint density at radius 3 is 2.60 bits per heavy atom. The van der Waals surface area contributed by atoms with E-state index in [4.69, 9.17) is 0 Å². The SMILES string of the molecule is CCC(C)/C(C)=C/CCBr. The summed E-state index contributed by atoms with van der Waals surface area (Å²) in [6.45, 7) is 6.73. The molecule has 1 atom stereocenters. The van der Waals surface area contributed by atoms with E-state index in [0.717, 1.165) is 17.7 Å². The Bertz CT molecular complexity index is 105. The molecule has 0 aliphatic rings. The summed E-state index contributed by atoms with van der Waals surface area (Å²) >= 11 is 3.40. The smallest absolute Gasteiger partial charge is 0.00660 e. The van der Waals surface area contributed by atoms with Crippen LogP contribution in [0.1, 0.15) is 33.6 Å². The van der Waals surface area contributed by atoms with Crippen molar-refractivity contribution in [2.75, 3.05) is 5.33 Å². The summed E-state index contributed by atoms with van der Waals surface area (Å²) in [6.07, 6.45) is 4.74. The highest BCUT2D eigenvalue weighted by atomic mass is 79.9. The summed E-state index contributed by atoms with van der Waals surface area (Å²) in [5.74, 6) is 0.763. The molecule has 0 aliphatic heterocycles. The van der Waals surface area contributed by atoms with Crippen molar-refractivity contribution in [3.8, 4) is 0 Å². The summed E-state index contributed by atoms with van der Waals surface area (Å²) in [4.78, 5) is 0. The maximum atomic E-state index is 3.40. The zero-order valence-electron chi connectivity index (χ0n) is 7.15. The van der Waals surface area contributed by atoms with E-state index in [1.807, 2.05) is 0 Å². The van der Waals surface area contributed by atoms with E-state index in [1.165, 1.54) is 12.0 Å². The average Bonchev–Trinajstić information content (AvgIpc) is 1.98. The second-order valence-electron chi connectivity index (χ2n) is 2.74.